The molecule has 0 saturated carbocycles. The lowest BCUT2D eigenvalue weighted by Crippen LogP contribution is -2.31. The van der Waals surface area contributed by atoms with Gasteiger partial charge in [0, 0.05) is 26.6 Å². The molecule has 0 saturated heterocycles. The molecule has 0 aliphatic carbocycles. The molecular formula is C31H37N3O5S. The second-order valence-electron chi connectivity index (χ2n) is 11.1. The molecule has 0 aliphatic rings. The number of imidazole rings is 1. The molecule has 0 spiro atoms. The lowest BCUT2D eigenvalue weighted by atomic mass is 9.98. The van der Waals surface area contributed by atoms with Gasteiger partial charge in [-0.15, -0.1) is 0 Å². The Hall–Kier alpha value is -3.69. The third-order valence-corrected chi connectivity index (χ3v) is 8.50. The van der Waals surface area contributed by atoms with E-state index in [1.807, 2.05) is 67.8 Å². The zero-order chi connectivity index (χ0) is 29.2. The minimum absolute atomic E-state index is 0.0850. The summed E-state index contributed by atoms with van der Waals surface area (Å²) in [5.74, 6) is 0.220. The SMILES string of the molecule is CCCCc1n(Cc2ccc(-c3ccccc3C(=O)OC(C)(C)C)cc2)c2ccc(S(=O)(=O)N(C)C)cc2[n+]1[O-]. The van der Waals surface area contributed by atoms with Gasteiger partial charge >= 0.3 is 5.97 Å². The topological polar surface area (TPSA) is 95.5 Å². The fourth-order valence-electron chi connectivity index (χ4n) is 4.62. The van der Waals surface area contributed by atoms with E-state index in [9.17, 15) is 18.4 Å². The van der Waals surface area contributed by atoms with Gasteiger partial charge in [0.25, 0.3) is 5.82 Å². The van der Waals surface area contributed by atoms with Crippen molar-refractivity contribution < 1.29 is 22.7 Å². The summed E-state index contributed by atoms with van der Waals surface area (Å²) in [5, 5.41) is 13.4. The van der Waals surface area contributed by atoms with E-state index in [0.29, 0.717) is 35.4 Å². The second-order valence-corrected chi connectivity index (χ2v) is 13.2. The van der Waals surface area contributed by atoms with Crippen LogP contribution in [-0.2, 0) is 27.7 Å². The van der Waals surface area contributed by atoms with Crippen molar-refractivity contribution in [1.29, 1.82) is 0 Å². The highest BCUT2D eigenvalue weighted by atomic mass is 32.2. The number of carbonyl (C=O) groups excluding carboxylic acids is 1. The van der Waals surface area contributed by atoms with Crippen LogP contribution in [0, 0.1) is 5.21 Å². The Kier molecular flexibility index (Phi) is 8.37. The first kappa shape index (κ1) is 29.3. The maximum atomic E-state index is 13.4. The number of sulfonamides is 1. The molecule has 0 fully saturated rings. The van der Waals surface area contributed by atoms with Crippen molar-refractivity contribution >= 4 is 27.0 Å². The van der Waals surface area contributed by atoms with E-state index in [0.717, 1.165) is 38.6 Å². The Morgan fingerprint density at radius 1 is 1.02 bits per heavy atom. The number of ether oxygens (including phenoxy) is 1. The number of hydrogen-bond acceptors (Lipinski definition) is 5. The molecule has 1 heterocycles. The number of fused-ring (bicyclic) bond motifs is 1. The Labute approximate surface area is 236 Å². The highest BCUT2D eigenvalue weighted by Crippen LogP contribution is 2.27. The molecule has 0 aliphatic heterocycles. The Bertz CT molecular complexity index is 1630. The lowest BCUT2D eigenvalue weighted by Gasteiger charge is -2.20. The molecule has 40 heavy (non-hydrogen) atoms. The van der Waals surface area contributed by atoms with E-state index < -0.39 is 15.6 Å². The van der Waals surface area contributed by atoms with Crippen LogP contribution in [0.1, 0.15) is 62.3 Å². The maximum Gasteiger partial charge on any atom is 0.339 e. The minimum atomic E-state index is -3.68. The average molecular weight is 564 g/mol. The van der Waals surface area contributed by atoms with Crippen LogP contribution in [0.5, 0.6) is 0 Å². The van der Waals surface area contributed by atoms with Crippen molar-refractivity contribution in [3.8, 4) is 11.1 Å². The highest BCUT2D eigenvalue weighted by Gasteiger charge is 2.26. The Morgan fingerprint density at radius 3 is 2.33 bits per heavy atom. The Morgan fingerprint density at radius 2 is 1.70 bits per heavy atom. The molecule has 212 valence electrons. The van der Waals surface area contributed by atoms with Crippen LogP contribution < -0.4 is 4.73 Å². The molecule has 1 aromatic heterocycles. The third-order valence-electron chi connectivity index (χ3n) is 6.69. The molecule has 4 rings (SSSR count). The monoisotopic (exact) mass is 563 g/mol. The van der Waals surface area contributed by atoms with Crippen molar-refractivity contribution in [3.05, 3.63) is 88.9 Å². The number of hydrogen-bond donors (Lipinski definition) is 0. The maximum absolute atomic E-state index is 13.4. The molecular weight excluding hydrogens is 526 g/mol. The summed E-state index contributed by atoms with van der Waals surface area (Å²) in [6.45, 7) is 8.04. The molecule has 3 aromatic carbocycles. The normalized spacial score (nSPS) is 12.3. The van der Waals surface area contributed by atoms with Crippen LogP contribution in [0.15, 0.2) is 71.6 Å². The van der Waals surface area contributed by atoms with Crippen LogP contribution in [0.2, 0.25) is 0 Å². The zero-order valence-electron chi connectivity index (χ0n) is 24.0. The molecule has 4 aromatic rings. The number of nitrogens with zero attached hydrogens (tertiary/aromatic N) is 3. The quantitative estimate of drug-likeness (QED) is 0.151. The van der Waals surface area contributed by atoms with Crippen LogP contribution in [0.25, 0.3) is 22.2 Å². The molecule has 0 N–H and O–H groups in total. The third kappa shape index (κ3) is 6.05. The van der Waals surface area contributed by atoms with Gasteiger partial charge in [0.15, 0.2) is 11.0 Å². The molecule has 0 unspecified atom stereocenters. The smallest absolute Gasteiger partial charge is 0.339 e. The van der Waals surface area contributed by atoms with Gasteiger partial charge < -0.3 is 9.94 Å². The first-order valence-corrected chi connectivity index (χ1v) is 14.9. The number of aromatic nitrogens is 2. The molecule has 0 amide bonds. The summed E-state index contributed by atoms with van der Waals surface area (Å²) >= 11 is 0. The fraction of sp³-hybridized carbons (Fsp3) is 0.355. The van der Waals surface area contributed by atoms with E-state index in [1.54, 1.807) is 18.2 Å². The van der Waals surface area contributed by atoms with Gasteiger partial charge in [-0.2, -0.15) is 0 Å². The molecule has 0 radical (unpaired) electrons. The number of esters is 1. The van der Waals surface area contributed by atoms with E-state index in [1.165, 1.54) is 20.2 Å². The number of benzene rings is 3. The predicted molar refractivity (Wildman–Crippen MR) is 157 cm³/mol. The van der Waals surface area contributed by atoms with Crippen LogP contribution in [0.4, 0.5) is 0 Å². The van der Waals surface area contributed by atoms with Gasteiger partial charge in [-0.3, -0.25) is 0 Å². The van der Waals surface area contributed by atoms with Crippen LogP contribution in [0.3, 0.4) is 0 Å². The summed E-state index contributed by atoms with van der Waals surface area (Å²) in [6, 6.07) is 20.0. The van der Waals surface area contributed by atoms with Crippen LogP contribution in [-0.4, -0.2) is 43.0 Å². The van der Waals surface area contributed by atoms with Crippen molar-refractivity contribution in [2.45, 2.75) is 64.0 Å². The van der Waals surface area contributed by atoms with Gasteiger partial charge in [-0.25, -0.2) is 26.8 Å². The standard InChI is InChI=1S/C31H37N3O5S/c1-7-8-13-29-33(27-19-18-24(20-28(27)34(29)36)40(37,38)32(5)6)21-22-14-16-23(17-15-22)25-11-9-10-12-26(25)30(35)39-31(2,3)4/h9-12,14-20H,7-8,13,21H2,1-6H3. The zero-order valence-corrected chi connectivity index (χ0v) is 24.8. The van der Waals surface area contributed by atoms with E-state index in [-0.39, 0.29) is 10.9 Å². The van der Waals surface area contributed by atoms with Gasteiger partial charge in [-0.05, 0) is 62.1 Å². The summed E-state index contributed by atoms with van der Waals surface area (Å²) in [4.78, 5) is 12.9. The van der Waals surface area contributed by atoms with Crippen molar-refractivity contribution in [2.24, 2.45) is 0 Å². The van der Waals surface area contributed by atoms with Gasteiger partial charge in [0.1, 0.15) is 12.1 Å². The van der Waals surface area contributed by atoms with E-state index in [2.05, 4.69) is 6.92 Å². The van der Waals surface area contributed by atoms with Crippen molar-refractivity contribution in [3.63, 3.8) is 0 Å². The summed E-state index contributed by atoms with van der Waals surface area (Å²) < 4.78 is 35.0. The number of unbranched alkanes of at least 4 members (excludes halogenated alkanes) is 1. The summed E-state index contributed by atoms with van der Waals surface area (Å²) in [6.07, 6.45) is 2.33. The Balaban J connectivity index is 1.71. The van der Waals surface area contributed by atoms with E-state index in [4.69, 9.17) is 4.74 Å². The van der Waals surface area contributed by atoms with E-state index >= 15 is 0 Å². The number of carbonyl (C=O) groups is 1. The molecule has 0 atom stereocenters. The predicted octanol–water partition coefficient (Wildman–Crippen LogP) is 5.54. The first-order chi connectivity index (χ1) is 18.8. The largest absolute Gasteiger partial charge is 0.710 e. The molecule has 8 nitrogen and oxygen atoms in total. The van der Waals surface area contributed by atoms with Gasteiger partial charge in [-0.1, -0.05) is 55.8 Å². The van der Waals surface area contributed by atoms with Crippen LogP contribution >= 0.6 is 0 Å². The first-order valence-electron chi connectivity index (χ1n) is 13.4. The van der Waals surface area contributed by atoms with Gasteiger partial charge in [0.05, 0.1) is 10.5 Å². The van der Waals surface area contributed by atoms with Crippen molar-refractivity contribution in [2.75, 3.05) is 14.1 Å². The van der Waals surface area contributed by atoms with Gasteiger partial charge in [0.2, 0.25) is 10.0 Å². The summed E-state index contributed by atoms with van der Waals surface area (Å²) in [5.41, 5.74) is 3.54. The second kappa shape index (κ2) is 11.4. The fourth-order valence-corrected chi connectivity index (χ4v) is 5.54. The summed E-state index contributed by atoms with van der Waals surface area (Å²) in [7, 11) is -0.736. The minimum Gasteiger partial charge on any atom is -0.710 e. The highest BCUT2D eigenvalue weighted by molar-refractivity contribution is 7.89. The number of rotatable bonds is 9. The molecule has 0 bridgehead atoms. The average Bonchev–Trinajstić information content (AvgIpc) is 3.16. The van der Waals surface area contributed by atoms with Crippen molar-refractivity contribution in [1.82, 2.24) is 8.87 Å². The lowest BCUT2D eigenvalue weighted by molar-refractivity contribution is -0.587. The molecule has 9 heteroatoms.